The smallest absolute Gasteiger partial charge is 0.329 e. The van der Waals surface area contributed by atoms with Gasteiger partial charge in [0.25, 0.3) is 0 Å². The van der Waals surface area contributed by atoms with E-state index in [2.05, 4.69) is 15.2 Å². The van der Waals surface area contributed by atoms with Crippen molar-refractivity contribution in [2.75, 3.05) is 36.5 Å². The Morgan fingerprint density at radius 1 is 1.24 bits per heavy atom. The zero-order valence-electron chi connectivity index (χ0n) is 11.7. The van der Waals surface area contributed by atoms with Crippen molar-refractivity contribution in [2.45, 2.75) is 19.3 Å². The molecule has 0 unspecified atom stereocenters. The number of nitrogens with zero attached hydrogens (tertiary/aromatic N) is 2. The van der Waals surface area contributed by atoms with Crippen LogP contribution in [0, 0.1) is 0 Å². The lowest BCUT2D eigenvalue weighted by Crippen LogP contribution is -2.30. The molecule has 1 aromatic heterocycles. The first-order chi connectivity index (χ1) is 10.1. The first-order valence-corrected chi connectivity index (χ1v) is 6.95. The van der Waals surface area contributed by atoms with E-state index in [0.29, 0.717) is 5.69 Å². The number of hydrogen-bond acceptors (Lipinski definition) is 5. The number of nitrogens with one attached hydrogen (secondary N) is 1. The number of rotatable bonds is 6. The highest BCUT2D eigenvalue weighted by molar-refractivity contribution is 5.91. The van der Waals surface area contributed by atoms with E-state index >= 15 is 0 Å². The van der Waals surface area contributed by atoms with Gasteiger partial charge in [-0.3, -0.25) is 4.79 Å². The summed E-state index contributed by atoms with van der Waals surface area (Å²) < 4.78 is 4.71. The van der Waals surface area contributed by atoms with Gasteiger partial charge in [-0.1, -0.05) is 0 Å². The van der Waals surface area contributed by atoms with Crippen LogP contribution in [-0.2, 0) is 14.3 Å². The normalized spacial score (nSPS) is 14.8. The number of carbonyl (C=O) groups excluding carboxylic acids is 1. The van der Waals surface area contributed by atoms with E-state index in [1.165, 1.54) is 19.3 Å². The minimum Gasteiger partial charge on any atom is -0.480 e. The van der Waals surface area contributed by atoms with Crippen molar-refractivity contribution in [2.24, 2.45) is 0 Å². The van der Waals surface area contributed by atoms with Crippen molar-refractivity contribution in [1.82, 2.24) is 4.98 Å². The second kappa shape index (κ2) is 7.58. The molecule has 1 amide bonds. The fourth-order valence-corrected chi connectivity index (χ4v) is 2.20. The topological polar surface area (TPSA) is 91.8 Å². The first-order valence-electron chi connectivity index (χ1n) is 6.95. The van der Waals surface area contributed by atoms with Gasteiger partial charge in [0.15, 0.2) is 0 Å². The van der Waals surface area contributed by atoms with Gasteiger partial charge in [0, 0.05) is 13.1 Å². The van der Waals surface area contributed by atoms with E-state index in [1.807, 2.05) is 6.07 Å². The molecular weight excluding hydrogens is 274 g/mol. The fraction of sp³-hybridized carbons (Fsp3) is 0.500. The van der Waals surface area contributed by atoms with Crippen molar-refractivity contribution in [1.29, 1.82) is 0 Å². The molecule has 2 heterocycles. The molecule has 7 heteroatoms. The molecule has 0 aliphatic carbocycles. The number of pyridine rings is 1. The lowest BCUT2D eigenvalue weighted by molar-refractivity contribution is -0.143. The number of ether oxygens (including phenoxy) is 1. The monoisotopic (exact) mass is 293 g/mol. The van der Waals surface area contributed by atoms with Crippen molar-refractivity contribution in [3.8, 4) is 0 Å². The molecule has 0 bridgehead atoms. The Morgan fingerprint density at radius 3 is 2.62 bits per heavy atom. The van der Waals surface area contributed by atoms with Crippen LogP contribution in [0.1, 0.15) is 19.3 Å². The van der Waals surface area contributed by atoms with E-state index in [-0.39, 0.29) is 6.61 Å². The Balaban J connectivity index is 1.81. The Kier molecular flexibility index (Phi) is 5.51. The quantitative estimate of drug-likeness (QED) is 0.816. The van der Waals surface area contributed by atoms with Crippen LogP contribution in [0.2, 0.25) is 0 Å². The molecule has 114 valence electrons. The molecule has 7 nitrogen and oxygen atoms in total. The third-order valence-electron chi connectivity index (χ3n) is 3.17. The number of aliphatic carboxylic acids is 1. The standard InChI is InChI=1S/C14H19N3O4/c18-13(9-21-10-14(19)20)16-11-4-5-12(15-8-11)17-6-2-1-3-7-17/h4-5,8H,1-3,6-7,9-10H2,(H,16,18)(H,19,20). The van der Waals surface area contributed by atoms with Crippen LogP contribution in [0.4, 0.5) is 11.5 Å². The highest BCUT2D eigenvalue weighted by Gasteiger charge is 2.12. The first kappa shape index (κ1) is 15.2. The summed E-state index contributed by atoms with van der Waals surface area (Å²) in [6, 6.07) is 3.66. The number of amides is 1. The maximum Gasteiger partial charge on any atom is 0.329 e. The number of piperidine rings is 1. The van der Waals surface area contributed by atoms with Gasteiger partial charge in [-0.2, -0.15) is 0 Å². The molecule has 1 fully saturated rings. The molecule has 1 aromatic rings. The molecule has 0 saturated carbocycles. The largest absolute Gasteiger partial charge is 0.480 e. The summed E-state index contributed by atoms with van der Waals surface area (Å²) in [6.07, 6.45) is 5.22. The van der Waals surface area contributed by atoms with Gasteiger partial charge in [0.05, 0.1) is 11.9 Å². The average molecular weight is 293 g/mol. The van der Waals surface area contributed by atoms with E-state index in [0.717, 1.165) is 18.9 Å². The number of anilines is 2. The summed E-state index contributed by atoms with van der Waals surface area (Å²) in [4.78, 5) is 28.3. The van der Waals surface area contributed by atoms with Gasteiger partial charge in [-0.25, -0.2) is 9.78 Å². The number of carboxylic acid groups (broad SMARTS) is 1. The summed E-state index contributed by atoms with van der Waals surface area (Å²) in [5, 5.41) is 11.0. The van der Waals surface area contributed by atoms with E-state index < -0.39 is 18.5 Å². The van der Waals surface area contributed by atoms with Crippen LogP contribution in [-0.4, -0.2) is 48.3 Å². The van der Waals surface area contributed by atoms with Crippen molar-refractivity contribution < 1.29 is 19.4 Å². The molecule has 1 aliphatic rings. The van der Waals surface area contributed by atoms with Crippen LogP contribution in [0.3, 0.4) is 0 Å². The van der Waals surface area contributed by atoms with E-state index in [1.54, 1.807) is 12.3 Å². The Hall–Kier alpha value is -2.15. The van der Waals surface area contributed by atoms with Crippen LogP contribution in [0.15, 0.2) is 18.3 Å². The van der Waals surface area contributed by atoms with Crippen LogP contribution in [0.25, 0.3) is 0 Å². The lowest BCUT2D eigenvalue weighted by Gasteiger charge is -2.27. The fourth-order valence-electron chi connectivity index (χ4n) is 2.20. The van der Waals surface area contributed by atoms with Gasteiger partial charge in [-0.15, -0.1) is 0 Å². The highest BCUT2D eigenvalue weighted by Crippen LogP contribution is 2.18. The summed E-state index contributed by atoms with van der Waals surface area (Å²) >= 11 is 0. The third-order valence-corrected chi connectivity index (χ3v) is 3.17. The molecule has 0 radical (unpaired) electrons. The van der Waals surface area contributed by atoms with Crippen molar-refractivity contribution >= 4 is 23.4 Å². The van der Waals surface area contributed by atoms with Crippen molar-refractivity contribution in [3.63, 3.8) is 0 Å². The SMILES string of the molecule is O=C(O)COCC(=O)Nc1ccc(N2CCCCC2)nc1. The molecule has 1 saturated heterocycles. The average Bonchev–Trinajstić information content (AvgIpc) is 2.48. The number of carbonyl (C=O) groups is 2. The molecular formula is C14H19N3O4. The summed E-state index contributed by atoms with van der Waals surface area (Å²) in [7, 11) is 0. The highest BCUT2D eigenvalue weighted by atomic mass is 16.5. The third kappa shape index (κ3) is 5.03. The minimum absolute atomic E-state index is 0.291. The van der Waals surface area contributed by atoms with Gasteiger partial charge >= 0.3 is 5.97 Å². The number of aromatic nitrogens is 1. The maximum absolute atomic E-state index is 11.5. The maximum atomic E-state index is 11.5. The summed E-state index contributed by atoms with van der Waals surface area (Å²) in [5.74, 6) is -0.589. The zero-order chi connectivity index (χ0) is 15.1. The van der Waals surface area contributed by atoms with Crippen molar-refractivity contribution in [3.05, 3.63) is 18.3 Å². The second-order valence-corrected chi connectivity index (χ2v) is 4.89. The predicted molar refractivity (Wildman–Crippen MR) is 77.4 cm³/mol. The van der Waals surface area contributed by atoms with Crippen LogP contribution in [0.5, 0.6) is 0 Å². The Bertz CT molecular complexity index is 483. The molecule has 1 aliphatic heterocycles. The Morgan fingerprint density at radius 2 is 2.00 bits per heavy atom. The number of carboxylic acids is 1. The summed E-state index contributed by atoms with van der Waals surface area (Å²) in [5.41, 5.74) is 0.569. The van der Waals surface area contributed by atoms with Crippen LogP contribution < -0.4 is 10.2 Å². The lowest BCUT2D eigenvalue weighted by atomic mass is 10.1. The molecule has 0 aromatic carbocycles. The molecule has 2 N–H and O–H groups in total. The molecule has 0 spiro atoms. The minimum atomic E-state index is -1.10. The van der Waals surface area contributed by atoms with Gasteiger partial charge in [-0.05, 0) is 31.4 Å². The van der Waals surface area contributed by atoms with Gasteiger partial charge in [0.1, 0.15) is 19.0 Å². The Labute approximate surface area is 122 Å². The predicted octanol–water partition coefficient (Wildman–Crippen LogP) is 1.11. The van der Waals surface area contributed by atoms with Crippen LogP contribution >= 0.6 is 0 Å². The van der Waals surface area contributed by atoms with E-state index in [4.69, 9.17) is 9.84 Å². The summed E-state index contributed by atoms with van der Waals surface area (Å²) in [6.45, 7) is 1.25. The molecule has 0 atom stereocenters. The zero-order valence-corrected chi connectivity index (χ0v) is 11.7. The van der Waals surface area contributed by atoms with Gasteiger partial charge < -0.3 is 20.1 Å². The van der Waals surface area contributed by atoms with E-state index in [9.17, 15) is 9.59 Å². The molecule has 21 heavy (non-hydrogen) atoms. The number of hydrogen-bond donors (Lipinski definition) is 2. The van der Waals surface area contributed by atoms with Gasteiger partial charge in [0.2, 0.25) is 5.91 Å². The molecule has 2 rings (SSSR count). The second-order valence-electron chi connectivity index (χ2n) is 4.89.